The van der Waals surface area contributed by atoms with Gasteiger partial charge in [0.05, 0.1) is 0 Å². The second kappa shape index (κ2) is 13.8. The number of benzene rings is 2. The summed E-state index contributed by atoms with van der Waals surface area (Å²) in [6.07, 6.45) is 6.81. The lowest BCUT2D eigenvalue weighted by atomic mass is 9.73. The second-order valence-corrected chi connectivity index (χ2v) is 15.5. The summed E-state index contributed by atoms with van der Waals surface area (Å²) in [7, 11) is 0. The predicted molar refractivity (Wildman–Crippen MR) is 171 cm³/mol. The van der Waals surface area contributed by atoms with Gasteiger partial charge < -0.3 is 0 Å². The van der Waals surface area contributed by atoms with Crippen molar-refractivity contribution in [3.8, 4) is 0 Å². The Bertz CT molecular complexity index is 1080. The maximum absolute atomic E-state index is 12.9. The minimum absolute atomic E-state index is 0.256. The number of rotatable bonds is 12. The zero-order chi connectivity index (χ0) is 27.1. The number of aryl methyl sites for hydroxylation is 2. The Hall–Kier alpha value is -1.10. The smallest absolute Gasteiger partial charge is 0.194 e. The molecule has 1 unspecified atom stereocenters. The van der Waals surface area contributed by atoms with Crippen LogP contribution in [0.2, 0.25) is 0 Å². The van der Waals surface area contributed by atoms with E-state index in [9.17, 15) is 4.79 Å². The summed E-state index contributed by atoms with van der Waals surface area (Å²) < 4.78 is 0. The molecule has 0 aliphatic heterocycles. The van der Waals surface area contributed by atoms with Crippen LogP contribution in [0.3, 0.4) is 0 Å². The van der Waals surface area contributed by atoms with E-state index in [1.165, 1.54) is 44.5 Å². The van der Waals surface area contributed by atoms with Crippen LogP contribution in [0, 0.1) is 16.7 Å². The summed E-state index contributed by atoms with van der Waals surface area (Å²) in [5, 5.41) is 0.349. The molecule has 0 aromatic heterocycles. The molecule has 0 saturated carbocycles. The number of fused-ring (bicyclic) bond motifs is 1. The van der Waals surface area contributed by atoms with Crippen molar-refractivity contribution in [2.24, 2.45) is 16.7 Å². The standard InChI is InChI=1S/C33H46OS3/c1-8-25-10-9-11-27(20-25)28-13-12-26-14-15-30(22-29(26)21-28)36-18-16-35-17-19-37-31(34)33(6,7)24(2)23-32(3,4)5/h9-11,14-15,20-22,24H,8,12-13,16-19,23H2,1-7H3. The molecule has 0 fully saturated rings. The van der Waals surface area contributed by atoms with Gasteiger partial charge in [0, 0.05) is 33.3 Å². The maximum Gasteiger partial charge on any atom is 0.194 e. The van der Waals surface area contributed by atoms with Crippen molar-refractivity contribution < 1.29 is 4.79 Å². The quantitative estimate of drug-likeness (QED) is 0.192. The summed E-state index contributed by atoms with van der Waals surface area (Å²) in [6, 6.07) is 16.0. The normalized spacial score (nSPS) is 14.7. The molecule has 0 N–H and O–H groups in total. The van der Waals surface area contributed by atoms with Crippen molar-refractivity contribution in [1.29, 1.82) is 0 Å². The van der Waals surface area contributed by atoms with Crippen LogP contribution in [0.15, 0.2) is 47.4 Å². The van der Waals surface area contributed by atoms with Crippen molar-refractivity contribution in [3.63, 3.8) is 0 Å². The van der Waals surface area contributed by atoms with Crippen molar-refractivity contribution in [1.82, 2.24) is 0 Å². The first-order valence-corrected chi connectivity index (χ1v) is 16.9. The number of thioether (sulfide) groups is 3. The summed E-state index contributed by atoms with van der Waals surface area (Å²) in [5.41, 5.74) is 7.10. The molecule has 0 amide bonds. The van der Waals surface area contributed by atoms with E-state index in [1.54, 1.807) is 0 Å². The second-order valence-electron chi connectivity index (χ2n) is 12.1. The third-order valence-electron chi connectivity index (χ3n) is 7.45. The zero-order valence-corrected chi connectivity index (χ0v) is 26.4. The van der Waals surface area contributed by atoms with Crippen LogP contribution in [0.25, 0.3) is 11.6 Å². The first-order chi connectivity index (χ1) is 17.5. The van der Waals surface area contributed by atoms with Gasteiger partial charge in [0.15, 0.2) is 5.12 Å². The highest BCUT2D eigenvalue weighted by Crippen LogP contribution is 2.39. The minimum atomic E-state index is -0.266. The monoisotopic (exact) mass is 554 g/mol. The zero-order valence-electron chi connectivity index (χ0n) is 24.0. The molecule has 202 valence electrons. The predicted octanol–water partition coefficient (Wildman–Crippen LogP) is 9.92. The fraction of sp³-hybridized carbons (Fsp3) is 0.545. The summed E-state index contributed by atoms with van der Waals surface area (Å²) in [4.78, 5) is 14.2. The van der Waals surface area contributed by atoms with Crippen molar-refractivity contribution in [2.75, 3.05) is 23.0 Å². The number of hydrogen-bond donors (Lipinski definition) is 0. The first-order valence-electron chi connectivity index (χ1n) is 13.8. The van der Waals surface area contributed by atoms with E-state index in [0.29, 0.717) is 11.0 Å². The topological polar surface area (TPSA) is 17.1 Å². The Labute approximate surface area is 239 Å². The van der Waals surface area contributed by atoms with Gasteiger partial charge in [0.25, 0.3) is 0 Å². The van der Waals surface area contributed by atoms with E-state index in [-0.39, 0.29) is 10.8 Å². The van der Waals surface area contributed by atoms with Crippen LogP contribution in [0.1, 0.15) is 83.6 Å². The van der Waals surface area contributed by atoms with Gasteiger partial charge in [-0.05, 0) is 77.0 Å². The van der Waals surface area contributed by atoms with Crippen LogP contribution in [-0.2, 0) is 17.6 Å². The van der Waals surface area contributed by atoms with Gasteiger partial charge >= 0.3 is 0 Å². The maximum atomic E-state index is 12.9. The van der Waals surface area contributed by atoms with E-state index in [4.69, 9.17) is 0 Å². The number of allylic oxidation sites excluding steroid dienone is 1. The van der Waals surface area contributed by atoms with Crippen LogP contribution in [0.5, 0.6) is 0 Å². The Morgan fingerprint density at radius 1 is 0.946 bits per heavy atom. The van der Waals surface area contributed by atoms with Gasteiger partial charge in [0.1, 0.15) is 0 Å². The highest BCUT2D eigenvalue weighted by molar-refractivity contribution is 8.14. The molecule has 1 aliphatic rings. The average molecular weight is 555 g/mol. The van der Waals surface area contributed by atoms with Gasteiger partial charge in [0.2, 0.25) is 0 Å². The Balaban J connectivity index is 1.42. The van der Waals surface area contributed by atoms with Crippen LogP contribution < -0.4 is 0 Å². The fourth-order valence-corrected chi connectivity index (χ4v) is 8.03. The SMILES string of the molecule is CCc1cccc(C2=Cc3cc(SCCSCCSC(=O)C(C)(C)C(C)CC(C)(C)C)ccc3CC2)c1. The highest BCUT2D eigenvalue weighted by atomic mass is 32.2. The minimum Gasteiger partial charge on any atom is -0.287 e. The molecule has 37 heavy (non-hydrogen) atoms. The van der Waals surface area contributed by atoms with E-state index in [0.717, 1.165) is 48.7 Å². The average Bonchev–Trinajstić information content (AvgIpc) is 2.86. The molecule has 1 atom stereocenters. The van der Waals surface area contributed by atoms with Gasteiger partial charge in [-0.15, -0.1) is 11.8 Å². The molecule has 0 heterocycles. The molecule has 4 heteroatoms. The highest BCUT2D eigenvalue weighted by Gasteiger charge is 2.35. The van der Waals surface area contributed by atoms with Gasteiger partial charge in [-0.1, -0.05) is 96.6 Å². The molecule has 0 saturated heterocycles. The van der Waals surface area contributed by atoms with Crippen molar-refractivity contribution in [2.45, 2.75) is 79.0 Å². The molecule has 1 nitrogen and oxygen atoms in total. The van der Waals surface area contributed by atoms with E-state index in [2.05, 4.69) is 97.0 Å². The number of carbonyl (C=O) groups excluding carboxylic acids is 1. The van der Waals surface area contributed by atoms with Crippen molar-refractivity contribution >= 4 is 52.1 Å². The number of hydrogen-bond acceptors (Lipinski definition) is 4. The number of carbonyl (C=O) groups is 1. The largest absolute Gasteiger partial charge is 0.287 e. The molecule has 1 aliphatic carbocycles. The molecular formula is C33H46OS3. The van der Waals surface area contributed by atoms with Crippen LogP contribution in [0.4, 0.5) is 0 Å². The van der Waals surface area contributed by atoms with E-state index < -0.39 is 0 Å². The molecular weight excluding hydrogens is 509 g/mol. The van der Waals surface area contributed by atoms with E-state index in [1.807, 2.05) is 23.5 Å². The van der Waals surface area contributed by atoms with Gasteiger partial charge in [-0.2, -0.15) is 11.8 Å². The Morgan fingerprint density at radius 3 is 2.43 bits per heavy atom. The summed E-state index contributed by atoms with van der Waals surface area (Å²) in [6.45, 7) is 15.5. The van der Waals surface area contributed by atoms with Gasteiger partial charge in [-0.25, -0.2) is 0 Å². The molecule has 2 aromatic rings. The third-order valence-corrected chi connectivity index (χ3v) is 11.1. The molecule has 3 rings (SSSR count). The van der Waals surface area contributed by atoms with Crippen molar-refractivity contribution in [3.05, 3.63) is 64.7 Å². The summed E-state index contributed by atoms with van der Waals surface area (Å²) >= 11 is 5.45. The van der Waals surface area contributed by atoms with Gasteiger partial charge in [-0.3, -0.25) is 4.79 Å². The Kier molecular flexibility index (Phi) is 11.4. The van der Waals surface area contributed by atoms with Crippen LogP contribution in [-0.4, -0.2) is 28.1 Å². The molecule has 0 spiro atoms. The van der Waals surface area contributed by atoms with Crippen LogP contribution >= 0.6 is 35.3 Å². The molecule has 0 radical (unpaired) electrons. The lowest BCUT2D eigenvalue weighted by Crippen LogP contribution is -2.32. The Morgan fingerprint density at radius 2 is 1.70 bits per heavy atom. The summed E-state index contributed by atoms with van der Waals surface area (Å²) in [5.74, 6) is 4.55. The fourth-order valence-electron chi connectivity index (χ4n) is 4.85. The lowest BCUT2D eigenvalue weighted by molar-refractivity contribution is -0.120. The lowest BCUT2D eigenvalue weighted by Gasteiger charge is -2.34. The third kappa shape index (κ3) is 9.25. The molecule has 0 bridgehead atoms. The molecule has 2 aromatic carbocycles. The first kappa shape index (κ1) is 30.4. The van der Waals surface area contributed by atoms with E-state index >= 15 is 0 Å².